The van der Waals surface area contributed by atoms with Crippen LogP contribution in [0.5, 0.6) is 0 Å². The summed E-state index contributed by atoms with van der Waals surface area (Å²) < 4.78 is 31.6. The van der Waals surface area contributed by atoms with E-state index < -0.39 is 10.4 Å². The van der Waals surface area contributed by atoms with E-state index in [-0.39, 0.29) is 7.43 Å². The molecule has 6 heteroatoms. The molecular weight excluding hydrogens is 146 g/mol. The van der Waals surface area contributed by atoms with Crippen LogP contribution < -0.4 is 5.32 Å². The highest BCUT2D eigenvalue weighted by Gasteiger charge is 1.84. The van der Waals surface area contributed by atoms with Crippen LogP contribution in [-0.2, 0) is 10.4 Å². The summed E-state index contributed by atoms with van der Waals surface area (Å²) in [6.07, 6.45) is 0. The minimum absolute atomic E-state index is 0. The van der Waals surface area contributed by atoms with E-state index in [1.807, 2.05) is 14.1 Å². The lowest BCUT2D eigenvalue weighted by Gasteiger charge is -1.68. The van der Waals surface area contributed by atoms with Crippen LogP contribution in [0.3, 0.4) is 0 Å². The fourth-order valence-corrected chi connectivity index (χ4v) is 0. The lowest BCUT2D eigenvalue weighted by Crippen LogP contribution is -1.89. The first kappa shape index (κ1) is 15.9. The van der Waals surface area contributed by atoms with Crippen molar-refractivity contribution in [1.82, 2.24) is 5.32 Å². The van der Waals surface area contributed by atoms with Crippen molar-refractivity contribution in [3.05, 3.63) is 0 Å². The molecule has 0 spiro atoms. The normalized spacial score (nSPS) is 8.44. The average molecular weight is 159 g/mol. The van der Waals surface area contributed by atoms with Crippen LogP contribution in [0.25, 0.3) is 0 Å². The fourth-order valence-electron chi connectivity index (χ4n) is 0. The molecular formula is C3H13NO4S. The van der Waals surface area contributed by atoms with Crippen molar-refractivity contribution in [3.63, 3.8) is 0 Å². The Bertz CT molecular complexity index is 110. The molecule has 0 saturated carbocycles. The van der Waals surface area contributed by atoms with Gasteiger partial charge in [0, 0.05) is 0 Å². The molecule has 0 aromatic rings. The number of hydrogen-bond donors (Lipinski definition) is 3. The standard InChI is InChI=1S/C2H7N.CH4.H2O4S/c1-3-2;;1-5(2,3)4/h3H,1-2H3;1H4;(H2,1,2,3,4). The minimum Gasteiger partial charge on any atom is -0.323 e. The van der Waals surface area contributed by atoms with Gasteiger partial charge < -0.3 is 5.32 Å². The van der Waals surface area contributed by atoms with Crippen molar-refractivity contribution < 1.29 is 17.5 Å². The second-order valence-electron chi connectivity index (χ2n) is 0.948. The first-order chi connectivity index (χ1) is 3.41. The monoisotopic (exact) mass is 159 g/mol. The van der Waals surface area contributed by atoms with Crippen molar-refractivity contribution in [1.29, 1.82) is 0 Å². The fraction of sp³-hybridized carbons (Fsp3) is 1.00. The maximum absolute atomic E-state index is 8.74. The van der Waals surface area contributed by atoms with E-state index in [0.717, 1.165) is 0 Å². The van der Waals surface area contributed by atoms with E-state index in [9.17, 15) is 0 Å². The lowest BCUT2D eigenvalue weighted by atomic mass is 11.3. The molecule has 0 radical (unpaired) electrons. The Kier molecular flexibility index (Phi) is 13.9. The van der Waals surface area contributed by atoms with Gasteiger partial charge in [-0.3, -0.25) is 9.11 Å². The molecule has 0 saturated heterocycles. The van der Waals surface area contributed by atoms with Crippen LogP contribution >= 0.6 is 0 Å². The molecule has 3 N–H and O–H groups in total. The van der Waals surface area contributed by atoms with Crippen molar-refractivity contribution in [2.24, 2.45) is 0 Å². The van der Waals surface area contributed by atoms with E-state index in [0.29, 0.717) is 0 Å². The number of nitrogens with one attached hydrogen (secondary N) is 1. The van der Waals surface area contributed by atoms with Crippen LogP contribution in [0.2, 0.25) is 0 Å². The second-order valence-corrected chi connectivity index (χ2v) is 1.84. The van der Waals surface area contributed by atoms with E-state index in [4.69, 9.17) is 17.5 Å². The van der Waals surface area contributed by atoms with E-state index in [1.54, 1.807) is 0 Å². The Labute approximate surface area is 55.7 Å². The van der Waals surface area contributed by atoms with Gasteiger partial charge in [0.2, 0.25) is 0 Å². The maximum atomic E-state index is 8.74. The Hall–Kier alpha value is -0.170. The number of rotatable bonds is 0. The molecule has 0 unspecified atom stereocenters. The minimum atomic E-state index is -4.67. The molecule has 0 aromatic carbocycles. The summed E-state index contributed by atoms with van der Waals surface area (Å²) in [5.41, 5.74) is 0. The van der Waals surface area contributed by atoms with Gasteiger partial charge in [-0.2, -0.15) is 8.42 Å². The van der Waals surface area contributed by atoms with Crippen molar-refractivity contribution in [3.8, 4) is 0 Å². The molecule has 60 valence electrons. The summed E-state index contributed by atoms with van der Waals surface area (Å²) >= 11 is 0. The second kappa shape index (κ2) is 7.83. The smallest absolute Gasteiger partial charge is 0.323 e. The lowest BCUT2D eigenvalue weighted by molar-refractivity contribution is 0.381. The number of hydrogen-bond acceptors (Lipinski definition) is 3. The molecule has 9 heavy (non-hydrogen) atoms. The van der Waals surface area contributed by atoms with Gasteiger partial charge >= 0.3 is 10.4 Å². The molecule has 0 aliphatic carbocycles. The predicted molar refractivity (Wildman–Crippen MR) is 35.9 cm³/mol. The van der Waals surface area contributed by atoms with Crippen LogP contribution in [0.4, 0.5) is 0 Å². The maximum Gasteiger partial charge on any atom is 0.394 e. The molecule has 0 amide bonds. The van der Waals surface area contributed by atoms with E-state index in [1.165, 1.54) is 0 Å². The van der Waals surface area contributed by atoms with Gasteiger partial charge in [0.05, 0.1) is 0 Å². The third-order valence-corrected chi connectivity index (χ3v) is 0. The Morgan fingerprint density at radius 2 is 1.22 bits per heavy atom. The molecule has 0 aliphatic heterocycles. The Balaban J connectivity index is -0.0000000800. The van der Waals surface area contributed by atoms with Gasteiger partial charge in [0.25, 0.3) is 0 Å². The highest BCUT2D eigenvalue weighted by molar-refractivity contribution is 7.79. The zero-order valence-electron chi connectivity index (χ0n) is 4.62. The average Bonchev–Trinajstić information content (AvgIpc) is 1.27. The third-order valence-electron chi connectivity index (χ3n) is 0. The molecule has 5 nitrogen and oxygen atoms in total. The van der Waals surface area contributed by atoms with Gasteiger partial charge in [-0.1, -0.05) is 7.43 Å². The molecule has 0 aromatic heterocycles. The first-order valence-corrected chi connectivity index (χ1v) is 3.10. The van der Waals surface area contributed by atoms with Gasteiger partial charge in [-0.15, -0.1) is 0 Å². The summed E-state index contributed by atoms with van der Waals surface area (Å²) in [6.45, 7) is 0. The summed E-state index contributed by atoms with van der Waals surface area (Å²) in [6, 6.07) is 0. The van der Waals surface area contributed by atoms with E-state index in [2.05, 4.69) is 5.32 Å². The van der Waals surface area contributed by atoms with Crippen LogP contribution in [0.1, 0.15) is 7.43 Å². The van der Waals surface area contributed by atoms with Gasteiger partial charge in [-0.05, 0) is 14.1 Å². The van der Waals surface area contributed by atoms with E-state index >= 15 is 0 Å². The zero-order valence-corrected chi connectivity index (χ0v) is 5.44. The van der Waals surface area contributed by atoms with Gasteiger partial charge in [-0.25, -0.2) is 0 Å². The summed E-state index contributed by atoms with van der Waals surface area (Å²) in [7, 11) is -0.917. The largest absolute Gasteiger partial charge is 0.394 e. The molecule has 0 atom stereocenters. The highest BCUT2D eigenvalue weighted by Crippen LogP contribution is 1.59. The topological polar surface area (TPSA) is 86.6 Å². The SMILES string of the molecule is C.CNC.O=S(=O)(O)O. The van der Waals surface area contributed by atoms with Gasteiger partial charge in [0.1, 0.15) is 0 Å². The van der Waals surface area contributed by atoms with Crippen molar-refractivity contribution in [2.75, 3.05) is 14.1 Å². The van der Waals surface area contributed by atoms with Crippen molar-refractivity contribution in [2.45, 2.75) is 7.43 Å². The summed E-state index contributed by atoms with van der Waals surface area (Å²) in [4.78, 5) is 0. The third kappa shape index (κ3) is 9210. The van der Waals surface area contributed by atoms with Crippen molar-refractivity contribution >= 4 is 10.4 Å². The van der Waals surface area contributed by atoms with Crippen LogP contribution in [0, 0.1) is 0 Å². The summed E-state index contributed by atoms with van der Waals surface area (Å²) in [5, 5.41) is 2.75. The van der Waals surface area contributed by atoms with Crippen LogP contribution in [0.15, 0.2) is 0 Å². The molecule has 0 fully saturated rings. The first-order valence-electron chi connectivity index (χ1n) is 1.70. The molecule has 0 rings (SSSR count). The Morgan fingerprint density at radius 3 is 1.22 bits per heavy atom. The van der Waals surface area contributed by atoms with Crippen LogP contribution in [-0.4, -0.2) is 31.6 Å². The molecule has 0 heterocycles. The zero-order chi connectivity index (χ0) is 7.21. The Morgan fingerprint density at radius 1 is 1.22 bits per heavy atom. The predicted octanol–water partition coefficient (Wildman–Crippen LogP) is -0.181. The quantitative estimate of drug-likeness (QED) is 0.427. The highest BCUT2D eigenvalue weighted by atomic mass is 32.3. The molecule has 0 bridgehead atoms. The summed E-state index contributed by atoms with van der Waals surface area (Å²) in [5.74, 6) is 0. The molecule has 0 aliphatic rings. The van der Waals surface area contributed by atoms with Gasteiger partial charge in [0.15, 0.2) is 0 Å².